The summed E-state index contributed by atoms with van der Waals surface area (Å²) in [6, 6.07) is 8.01. The van der Waals surface area contributed by atoms with Crippen molar-refractivity contribution in [3.63, 3.8) is 0 Å². The standard InChI is InChI=1S/C16H14ClNO2/c1-18-13-6-4-3-5-12(13)16(20-2)15-10(9-19)7-11(17)8-14(15)18/h3-6,8,16H,7H2,1-2H3. The van der Waals surface area contributed by atoms with Crippen molar-refractivity contribution in [3.05, 3.63) is 57.8 Å². The van der Waals surface area contributed by atoms with E-state index in [-0.39, 0.29) is 6.10 Å². The monoisotopic (exact) mass is 287 g/mol. The molecular weight excluding hydrogens is 274 g/mol. The third kappa shape index (κ3) is 1.83. The number of nitrogens with zero attached hydrogens (tertiary/aromatic N) is 1. The molecule has 3 nitrogen and oxygen atoms in total. The Labute approximate surface area is 122 Å². The Morgan fingerprint density at radius 1 is 1.40 bits per heavy atom. The van der Waals surface area contributed by atoms with Crippen LogP contribution in [-0.2, 0) is 9.53 Å². The highest BCUT2D eigenvalue weighted by molar-refractivity contribution is 6.30. The normalized spacial score (nSPS) is 21.1. The molecule has 0 fully saturated rings. The number of halogens is 1. The average molecular weight is 288 g/mol. The van der Waals surface area contributed by atoms with Crippen LogP contribution in [0, 0.1) is 0 Å². The molecule has 0 N–H and O–H groups in total. The van der Waals surface area contributed by atoms with Gasteiger partial charge in [0.15, 0.2) is 0 Å². The minimum Gasteiger partial charge on any atom is -0.372 e. The van der Waals surface area contributed by atoms with Gasteiger partial charge in [0.25, 0.3) is 0 Å². The highest BCUT2D eigenvalue weighted by atomic mass is 35.5. The summed E-state index contributed by atoms with van der Waals surface area (Å²) in [5, 5.41) is 0.642. The van der Waals surface area contributed by atoms with E-state index in [4.69, 9.17) is 16.3 Å². The number of anilines is 1. The molecule has 1 atom stereocenters. The number of para-hydroxylation sites is 1. The Kier molecular flexibility index (Phi) is 3.27. The lowest BCUT2D eigenvalue weighted by Gasteiger charge is -2.37. The number of ether oxygens (including phenoxy) is 1. The van der Waals surface area contributed by atoms with Crippen molar-refractivity contribution >= 4 is 23.2 Å². The zero-order valence-corrected chi connectivity index (χ0v) is 12.1. The van der Waals surface area contributed by atoms with E-state index < -0.39 is 0 Å². The van der Waals surface area contributed by atoms with Gasteiger partial charge < -0.3 is 9.64 Å². The lowest BCUT2D eigenvalue weighted by atomic mass is 9.85. The van der Waals surface area contributed by atoms with Crippen LogP contribution >= 0.6 is 11.6 Å². The molecule has 1 aromatic rings. The molecule has 0 saturated heterocycles. The molecule has 0 amide bonds. The first kappa shape index (κ1) is 13.2. The third-order valence-corrected chi connectivity index (χ3v) is 4.05. The number of benzene rings is 1. The Bertz CT molecular complexity index is 683. The maximum absolute atomic E-state index is 11.3. The summed E-state index contributed by atoms with van der Waals surface area (Å²) in [6.45, 7) is 0. The first-order valence-corrected chi connectivity index (χ1v) is 6.75. The van der Waals surface area contributed by atoms with E-state index in [1.165, 1.54) is 0 Å². The fourth-order valence-electron chi connectivity index (χ4n) is 2.90. The predicted octanol–water partition coefficient (Wildman–Crippen LogP) is 3.36. The second kappa shape index (κ2) is 4.95. The maximum Gasteiger partial charge on any atom is 0.128 e. The zero-order valence-electron chi connectivity index (χ0n) is 11.3. The van der Waals surface area contributed by atoms with Crippen molar-refractivity contribution in [3.8, 4) is 0 Å². The topological polar surface area (TPSA) is 29.5 Å². The van der Waals surface area contributed by atoms with Crippen LogP contribution in [0.25, 0.3) is 0 Å². The second-order valence-electron chi connectivity index (χ2n) is 4.88. The molecule has 0 bridgehead atoms. The second-order valence-corrected chi connectivity index (χ2v) is 5.37. The summed E-state index contributed by atoms with van der Waals surface area (Å²) >= 11 is 6.15. The summed E-state index contributed by atoms with van der Waals surface area (Å²) in [4.78, 5) is 13.3. The number of hydrogen-bond donors (Lipinski definition) is 0. The molecular formula is C16H14ClNO2. The molecule has 0 spiro atoms. The van der Waals surface area contributed by atoms with Gasteiger partial charge in [-0.05, 0) is 12.1 Å². The van der Waals surface area contributed by atoms with Gasteiger partial charge in [0.2, 0.25) is 0 Å². The fourth-order valence-corrected chi connectivity index (χ4v) is 3.14. The Morgan fingerprint density at radius 3 is 2.85 bits per heavy atom. The van der Waals surface area contributed by atoms with Crippen LogP contribution in [0.2, 0.25) is 0 Å². The van der Waals surface area contributed by atoms with E-state index in [9.17, 15) is 4.79 Å². The number of allylic oxidation sites excluding steroid dienone is 2. The van der Waals surface area contributed by atoms with Gasteiger partial charge in [0.05, 0.1) is 0 Å². The Morgan fingerprint density at radius 2 is 2.15 bits per heavy atom. The minimum atomic E-state index is -0.255. The lowest BCUT2D eigenvalue weighted by Crippen LogP contribution is -2.29. The van der Waals surface area contributed by atoms with Gasteiger partial charge in [-0.3, -0.25) is 0 Å². The molecule has 0 radical (unpaired) electrons. The number of rotatable bonds is 1. The van der Waals surface area contributed by atoms with Crippen molar-refractivity contribution < 1.29 is 9.53 Å². The summed E-state index contributed by atoms with van der Waals surface area (Å²) in [6.07, 6.45) is 2.06. The molecule has 1 aromatic carbocycles. The molecule has 1 aliphatic heterocycles. The van der Waals surface area contributed by atoms with E-state index in [1.54, 1.807) is 7.11 Å². The molecule has 4 heteroatoms. The molecule has 2 aliphatic rings. The Balaban J connectivity index is 2.28. The van der Waals surface area contributed by atoms with Crippen molar-refractivity contribution in [1.82, 2.24) is 0 Å². The number of likely N-dealkylation sites (N-methyl/N-ethyl adjacent to an activating group) is 1. The third-order valence-electron chi connectivity index (χ3n) is 3.80. The first-order valence-electron chi connectivity index (χ1n) is 6.37. The molecule has 1 heterocycles. The molecule has 0 aromatic heterocycles. The molecule has 1 unspecified atom stereocenters. The van der Waals surface area contributed by atoms with Crippen LogP contribution in [0.5, 0.6) is 0 Å². The van der Waals surface area contributed by atoms with Gasteiger partial charge >= 0.3 is 0 Å². The van der Waals surface area contributed by atoms with Crippen molar-refractivity contribution in [2.45, 2.75) is 12.5 Å². The van der Waals surface area contributed by atoms with E-state index in [0.29, 0.717) is 17.0 Å². The number of hydrogen-bond acceptors (Lipinski definition) is 3. The predicted molar refractivity (Wildman–Crippen MR) is 79.4 cm³/mol. The summed E-state index contributed by atoms with van der Waals surface area (Å²) in [5.41, 5.74) is 4.46. The maximum atomic E-state index is 11.3. The molecule has 1 aliphatic carbocycles. The van der Waals surface area contributed by atoms with Gasteiger partial charge in [0, 0.05) is 53.7 Å². The molecule has 0 saturated carbocycles. The number of carbonyl (C=O) groups excluding carboxylic acids is 1. The summed E-state index contributed by atoms with van der Waals surface area (Å²) in [7, 11) is 3.62. The molecule has 20 heavy (non-hydrogen) atoms. The van der Waals surface area contributed by atoms with Crippen LogP contribution in [0.15, 0.2) is 52.2 Å². The highest BCUT2D eigenvalue weighted by Gasteiger charge is 2.34. The largest absolute Gasteiger partial charge is 0.372 e. The van der Waals surface area contributed by atoms with E-state index >= 15 is 0 Å². The number of methoxy groups -OCH3 is 1. The van der Waals surface area contributed by atoms with E-state index in [1.807, 2.05) is 48.2 Å². The molecule has 102 valence electrons. The van der Waals surface area contributed by atoms with Gasteiger partial charge in [0.1, 0.15) is 12.0 Å². The van der Waals surface area contributed by atoms with Crippen molar-refractivity contribution in [2.75, 3.05) is 19.1 Å². The van der Waals surface area contributed by atoms with Crippen molar-refractivity contribution in [2.24, 2.45) is 0 Å². The van der Waals surface area contributed by atoms with Crippen LogP contribution in [0.3, 0.4) is 0 Å². The SMILES string of the molecule is COC1C2=C(C=C(Cl)CC2=C=O)N(C)c2ccccc21. The van der Waals surface area contributed by atoms with Gasteiger partial charge in [-0.2, -0.15) is 0 Å². The van der Waals surface area contributed by atoms with Gasteiger partial charge in [-0.25, -0.2) is 4.79 Å². The van der Waals surface area contributed by atoms with Gasteiger partial charge in [-0.1, -0.05) is 29.8 Å². The fraction of sp³-hybridized carbons (Fsp3) is 0.250. The van der Waals surface area contributed by atoms with Crippen LogP contribution in [0.1, 0.15) is 18.1 Å². The van der Waals surface area contributed by atoms with Gasteiger partial charge in [-0.15, -0.1) is 0 Å². The minimum absolute atomic E-state index is 0.255. The highest BCUT2D eigenvalue weighted by Crippen LogP contribution is 2.47. The van der Waals surface area contributed by atoms with Crippen LogP contribution in [0.4, 0.5) is 5.69 Å². The summed E-state index contributed by atoms with van der Waals surface area (Å²) in [5.74, 6) is 2.03. The zero-order chi connectivity index (χ0) is 14.3. The number of fused-ring (bicyclic) bond motifs is 1. The van der Waals surface area contributed by atoms with E-state index in [0.717, 1.165) is 22.5 Å². The summed E-state index contributed by atoms with van der Waals surface area (Å²) < 4.78 is 5.65. The lowest BCUT2D eigenvalue weighted by molar-refractivity contribution is 0.132. The van der Waals surface area contributed by atoms with E-state index in [2.05, 4.69) is 0 Å². The van der Waals surface area contributed by atoms with Crippen molar-refractivity contribution in [1.29, 1.82) is 0 Å². The first-order chi connectivity index (χ1) is 9.67. The van der Waals surface area contributed by atoms with Crippen LogP contribution in [-0.4, -0.2) is 20.1 Å². The Hall–Kier alpha value is -1.80. The molecule has 3 rings (SSSR count). The average Bonchev–Trinajstić information content (AvgIpc) is 2.48. The quantitative estimate of drug-likeness (QED) is 0.742. The van der Waals surface area contributed by atoms with Crippen LogP contribution < -0.4 is 4.90 Å². The smallest absolute Gasteiger partial charge is 0.128 e.